The number of hydrogen-bond donors (Lipinski definition) is 1. The largest absolute Gasteiger partial charge is 0.497 e. The number of imide groups is 1. The number of pyridine rings is 1. The Balaban J connectivity index is 1.73. The summed E-state index contributed by atoms with van der Waals surface area (Å²) in [6.45, 7) is 0.109. The van der Waals surface area contributed by atoms with Gasteiger partial charge in [-0.25, -0.2) is 0 Å². The molecule has 1 aromatic heterocycles. The summed E-state index contributed by atoms with van der Waals surface area (Å²) in [7, 11) is 1.58. The third kappa shape index (κ3) is 3.73. The number of hydrogen-bond acceptors (Lipinski definition) is 5. The van der Waals surface area contributed by atoms with Crippen molar-refractivity contribution in [1.82, 2.24) is 9.88 Å². The highest BCUT2D eigenvalue weighted by molar-refractivity contribution is 6.36. The van der Waals surface area contributed by atoms with Gasteiger partial charge in [-0.1, -0.05) is 36.4 Å². The molecular weight excluding hydrogens is 366 g/mol. The second-order valence-electron chi connectivity index (χ2n) is 6.49. The average Bonchev–Trinajstić information content (AvgIpc) is 2.99. The average molecular weight is 385 g/mol. The molecule has 29 heavy (non-hydrogen) atoms. The molecule has 0 spiro atoms. The van der Waals surface area contributed by atoms with Crippen LogP contribution in [0.2, 0.25) is 0 Å². The molecule has 4 rings (SSSR count). The number of anilines is 1. The summed E-state index contributed by atoms with van der Waals surface area (Å²) >= 11 is 0. The number of nitrogens with one attached hydrogen (secondary N) is 1. The van der Waals surface area contributed by atoms with E-state index in [0.717, 1.165) is 5.69 Å². The molecule has 0 bridgehead atoms. The molecule has 2 heterocycles. The van der Waals surface area contributed by atoms with Crippen LogP contribution < -0.4 is 10.1 Å². The fourth-order valence-corrected chi connectivity index (χ4v) is 3.18. The van der Waals surface area contributed by atoms with Crippen molar-refractivity contribution in [3.05, 3.63) is 95.9 Å². The first kappa shape index (κ1) is 18.4. The quantitative estimate of drug-likeness (QED) is 0.658. The molecule has 0 fully saturated rings. The van der Waals surface area contributed by atoms with Gasteiger partial charge in [0.2, 0.25) is 0 Å². The first-order valence-corrected chi connectivity index (χ1v) is 9.14. The number of carbonyl (C=O) groups excluding carboxylic acids is 2. The Morgan fingerprint density at radius 3 is 2.28 bits per heavy atom. The third-order valence-corrected chi connectivity index (χ3v) is 4.64. The number of nitrogens with zero attached hydrogens (tertiary/aromatic N) is 2. The van der Waals surface area contributed by atoms with Gasteiger partial charge in [0, 0.05) is 11.9 Å². The lowest BCUT2D eigenvalue weighted by Crippen LogP contribution is -2.32. The SMILES string of the molecule is COc1ccc(C2=C(Nc3ccccc3)C(=O)N(Cc3ccccn3)C2=O)cc1. The van der Waals surface area contributed by atoms with E-state index >= 15 is 0 Å². The molecule has 2 aromatic carbocycles. The maximum Gasteiger partial charge on any atom is 0.278 e. The predicted molar refractivity (Wildman–Crippen MR) is 110 cm³/mol. The summed E-state index contributed by atoms with van der Waals surface area (Å²) in [6.07, 6.45) is 1.64. The maximum absolute atomic E-state index is 13.2. The molecule has 0 radical (unpaired) electrons. The van der Waals surface area contributed by atoms with Crippen molar-refractivity contribution >= 4 is 23.1 Å². The van der Waals surface area contributed by atoms with Gasteiger partial charge >= 0.3 is 0 Å². The summed E-state index contributed by atoms with van der Waals surface area (Å²) in [6, 6.07) is 21.8. The molecule has 0 aliphatic carbocycles. The predicted octanol–water partition coefficient (Wildman–Crippen LogP) is 3.48. The van der Waals surface area contributed by atoms with E-state index in [1.54, 1.807) is 49.7 Å². The second-order valence-corrected chi connectivity index (χ2v) is 6.49. The molecule has 3 aromatic rings. The molecule has 0 atom stereocenters. The number of para-hydroxylation sites is 1. The minimum absolute atomic E-state index is 0.109. The van der Waals surface area contributed by atoms with Gasteiger partial charge in [0.15, 0.2) is 0 Å². The highest BCUT2D eigenvalue weighted by atomic mass is 16.5. The van der Waals surface area contributed by atoms with E-state index in [0.29, 0.717) is 22.6 Å². The van der Waals surface area contributed by atoms with Crippen LogP contribution in [-0.2, 0) is 16.1 Å². The van der Waals surface area contributed by atoms with Crippen LogP contribution >= 0.6 is 0 Å². The molecular formula is C23H19N3O3. The lowest BCUT2D eigenvalue weighted by Gasteiger charge is -2.14. The zero-order valence-corrected chi connectivity index (χ0v) is 15.8. The fraction of sp³-hybridized carbons (Fsp3) is 0.0870. The Morgan fingerprint density at radius 2 is 1.62 bits per heavy atom. The van der Waals surface area contributed by atoms with E-state index in [4.69, 9.17) is 4.74 Å². The Hall–Kier alpha value is -3.93. The van der Waals surface area contributed by atoms with Gasteiger partial charge in [-0.3, -0.25) is 19.5 Å². The fourth-order valence-electron chi connectivity index (χ4n) is 3.18. The molecule has 0 saturated carbocycles. The molecule has 144 valence electrons. The van der Waals surface area contributed by atoms with Crippen LogP contribution in [0.15, 0.2) is 84.7 Å². The van der Waals surface area contributed by atoms with E-state index < -0.39 is 0 Å². The lowest BCUT2D eigenvalue weighted by molar-refractivity contribution is -0.137. The van der Waals surface area contributed by atoms with Gasteiger partial charge in [0.05, 0.1) is 24.9 Å². The zero-order chi connectivity index (χ0) is 20.2. The third-order valence-electron chi connectivity index (χ3n) is 4.64. The summed E-state index contributed by atoms with van der Waals surface area (Å²) in [5.41, 5.74) is 2.60. The first-order valence-electron chi connectivity index (χ1n) is 9.14. The number of aromatic nitrogens is 1. The summed E-state index contributed by atoms with van der Waals surface area (Å²) < 4.78 is 5.20. The number of benzene rings is 2. The van der Waals surface area contributed by atoms with Crippen molar-refractivity contribution in [2.45, 2.75) is 6.54 Å². The highest BCUT2D eigenvalue weighted by Crippen LogP contribution is 2.32. The highest BCUT2D eigenvalue weighted by Gasteiger charge is 2.39. The number of amides is 2. The molecule has 1 aliphatic rings. The molecule has 0 saturated heterocycles. The van der Waals surface area contributed by atoms with Gasteiger partial charge in [-0.2, -0.15) is 0 Å². The van der Waals surface area contributed by atoms with Crippen LogP contribution in [0.25, 0.3) is 5.57 Å². The molecule has 6 nitrogen and oxygen atoms in total. The maximum atomic E-state index is 13.2. The molecule has 1 N–H and O–H groups in total. The van der Waals surface area contributed by atoms with Crippen molar-refractivity contribution in [2.75, 3.05) is 12.4 Å². The van der Waals surface area contributed by atoms with E-state index in [1.807, 2.05) is 36.4 Å². The van der Waals surface area contributed by atoms with E-state index in [-0.39, 0.29) is 24.1 Å². The van der Waals surface area contributed by atoms with Crippen molar-refractivity contribution in [2.24, 2.45) is 0 Å². The molecule has 1 aliphatic heterocycles. The van der Waals surface area contributed by atoms with Crippen molar-refractivity contribution in [1.29, 1.82) is 0 Å². The summed E-state index contributed by atoms with van der Waals surface area (Å²) in [5.74, 6) is -0.0615. The molecule has 2 amide bonds. The Kier molecular flexibility index (Phi) is 5.07. The van der Waals surface area contributed by atoms with Crippen LogP contribution in [0, 0.1) is 0 Å². The van der Waals surface area contributed by atoms with E-state index in [2.05, 4.69) is 10.3 Å². The molecule has 6 heteroatoms. The van der Waals surface area contributed by atoms with Crippen molar-refractivity contribution in [3.8, 4) is 5.75 Å². The van der Waals surface area contributed by atoms with Gasteiger partial charge < -0.3 is 10.1 Å². The molecule has 0 unspecified atom stereocenters. The number of rotatable bonds is 6. The number of ether oxygens (including phenoxy) is 1. The monoisotopic (exact) mass is 385 g/mol. The van der Waals surface area contributed by atoms with Crippen LogP contribution in [0.1, 0.15) is 11.3 Å². The van der Waals surface area contributed by atoms with E-state index in [1.165, 1.54) is 4.90 Å². The Bertz CT molecular complexity index is 1060. The van der Waals surface area contributed by atoms with Gasteiger partial charge in [0.25, 0.3) is 11.8 Å². The zero-order valence-electron chi connectivity index (χ0n) is 15.8. The summed E-state index contributed by atoms with van der Waals surface area (Å²) in [5, 5.41) is 3.13. The van der Waals surface area contributed by atoms with Crippen molar-refractivity contribution < 1.29 is 14.3 Å². The number of carbonyl (C=O) groups is 2. The van der Waals surface area contributed by atoms with Gasteiger partial charge in [0.1, 0.15) is 11.4 Å². The van der Waals surface area contributed by atoms with Crippen molar-refractivity contribution in [3.63, 3.8) is 0 Å². The standard InChI is InChI=1S/C23H19N3O3/c1-29-19-12-10-16(11-13-19)20-21(25-17-7-3-2-4-8-17)23(28)26(22(20)27)15-18-9-5-6-14-24-18/h2-14,25H,15H2,1H3. The van der Waals surface area contributed by atoms with Gasteiger partial charge in [-0.05, 0) is 42.0 Å². The topological polar surface area (TPSA) is 71.5 Å². The Labute approximate surface area is 168 Å². The van der Waals surface area contributed by atoms with Gasteiger partial charge in [-0.15, -0.1) is 0 Å². The summed E-state index contributed by atoms with van der Waals surface area (Å²) in [4.78, 5) is 31.8. The van der Waals surface area contributed by atoms with Crippen LogP contribution in [0.4, 0.5) is 5.69 Å². The smallest absolute Gasteiger partial charge is 0.278 e. The van der Waals surface area contributed by atoms with Crippen LogP contribution in [-0.4, -0.2) is 28.8 Å². The minimum Gasteiger partial charge on any atom is -0.497 e. The normalized spacial score (nSPS) is 13.8. The van der Waals surface area contributed by atoms with Crippen LogP contribution in [0.3, 0.4) is 0 Å². The first-order chi connectivity index (χ1) is 14.2. The minimum atomic E-state index is -0.379. The number of methoxy groups -OCH3 is 1. The lowest BCUT2D eigenvalue weighted by atomic mass is 10.0. The Morgan fingerprint density at radius 1 is 0.897 bits per heavy atom. The van der Waals surface area contributed by atoms with Crippen LogP contribution in [0.5, 0.6) is 5.75 Å². The van der Waals surface area contributed by atoms with E-state index in [9.17, 15) is 9.59 Å². The second kappa shape index (κ2) is 7.98.